The van der Waals surface area contributed by atoms with Gasteiger partial charge in [-0.25, -0.2) is 22.7 Å². The average molecular weight is 585 g/mol. The number of amides is 1. The number of carbonyl (C=O) groups is 1. The van der Waals surface area contributed by atoms with E-state index in [1.165, 1.54) is 28.0 Å². The maximum atomic E-state index is 13.3. The van der Waals surface area contributed by atoms with E-state index >= 15 is 0 Å². The van der Waals surface area contributed by atoms with Gasteiger partial charge in [-0.2, -0.15) is 0 Å². The normalized spacial score (nSPS) is 23.6. The first-order valence-corrected chi connectivity index (χ1v) is 16.8. The van der Waals surface area contributed by atoms with E-state index in [0.29, 0.717) is 37.2 Å². The number of aromatic nitrogens is 2. The molecule has 11 heteroatoms. The highest BCUT2D eigenvalue weighted by Gasteiger charge is 2.33. The van der Waals surface area contributed by atoms with Gasteiger partial charge >= 0.3 is 0 Å². The lowest BCUT2D eigenvalue weighted by Crippen LogP contribution is -2.52. The first kappa shape index (κ1) is 29.9. The Labute approximate surface area is 244 Å². The van der Waals surface area contributed by atoms with Crippen molar-refractivity contribution in [3.63, 3.8) is 0 Å². The van der Waals surface area contributed by atoms with Crippen LogP contribution >= 0.6 is 0 Å². The summed E-state index contributed by atoms with van der Waals surface area (Å²) < 4.78 is 31.7. The zero-order valence-electron chi connectivity index (χ0n) is 24.5. The van der Waals surface area contributed by atoms with Gasteiger partial charge in [-0.1, -0.05) is 29.8 Å². The van der Waals surface area contributed by atoms with Crippen LogP contribution in [0.25, 0.3) is 0 Å². The molecule has 3 aliphatic rings. The van der Waals surface area contributed by atoms with Gasteiger partial charge in [0, 0.05) is 44.8 Å². The summed E-state index contributed by atoms with van der Waals surface area (Å²) in [6.07, 6.45) is 9.58. The minimum atomic E-state index is -3.17. The van der Waals surface area contributed by atoms with E-state index < -0.39 is 10.0 Å². The van der Waals surface area contributed by atoms with E-state index in [1.807, 2.05) is 4.90 Å². The molecule has 3 saturated heterocycles. The second-order valence-corrected chi connectivity index (χ2v) is 13.9. The number of benzene rings is 1. The molecule has 1 aromatic carbocycles. The van der Waals surface area contributed by atoms with Crippen molar-refractivity contribution in [3.8, 4) is 0 Å². The van der Waals surface area contributed by atoms with Crippen molar-refractivity contribution in [2.45, 2.75) is 76.2 Å². The summed E-state index contributed by atoms with van der Waals surface area (Å²) >= 11 is 0. The number of aryl methyl sites for hydroxylation is 1. The number of rotatable bonds is 8. The molecule has 224 valence electrons. The van der Waals surface area contributed by atoms with Gasteiger partial charge in [0.05, 0.1) is 18.5 Å². The van der Waals surface area contributed by atoms with Crippen molar-refractivity contribution < 1.29 is 17.9 Å². The summed E-state index contributed by atoms with van der Waals surface area (Å²) in [5.74, 6) is 0.581. The molecule has 0 radical (unpaired) electrons. The summed E-state index contributed by atoms with van der Waals surface area (Å²) in [5.41, 5.74) is 2.88. The standard InChI is InChI=1S/C30H44N6O4S/c1-22-7-9-23(10-8-22)28-6-4-5-26(40-28)20-31-29-19-27(32-21-33-29)30(37)36-17-13-25(14-18-36)35-15-11-24(12-16-35)34(2)41(3,38)39/h7-10,19,21,24-26,28H,4-6,11-18,20H2,1-3H3,(H,31,32,33)/t26-,28+/m1/s1. The second kappa shape index (κ2) is 13.1. The van der Waals surface area contributed by atoms with Crippen LogP contribution in [0.1, 0.15) is 72.7 Å². The fourth-order valence-electron chi connectivity index (χ4n) is 6.35. The molecule has 0 bridgehead atoms. The monoisotopic (exact) mass is 584 g/mol. The Balaban J connectivity index is 1.08. The Morgan fingerprint density at radius 1 is 1.02 bits per heavy atom. The highest BCUT2D eigenvalue weighted by molar-refractivity contribution is 7.88. The van der Waals surface area contributed by atoms with Gasteiger partial charge < -0.3 is 19.9 Å². The first-order chi connectivity index (χ1) is 19.7. The fraction of sp³-hybridized carbons (Fsp3) is 0.633. The number of likely N-dealkylation sites (tertiary alicyclic amines) is 2. The lowest BCUT2D eigenvalue weighted by molar-refractivity contribution is -0.0442. The second-order valence-electron chi connectivity index (χ2n) is 11.8. The smallest absolute Gasteiger partial charge is 0.272 e. The molecule has 2 aromatic rings. The van der Waals surface area contributed by atoms with E-state index in [1.54, 1.807) is 13.1 Å². The van der Waals surface area contributed by atoms with Crippen molar-refractivity contribution in [1.29, 1.82) is 0 Å². The van der Waals surface area contributed by atoms with Crippen LogP contribution < -0.4 is 5.32 Å². The van der Waals surface area contributed by atoms with E-state index in [4.69, 9.17) is 4.74 Å². The van der Waals surface area contributed by atoms with E-state index in [9.17, 15) is 13.2 Å². The third-order valence-corrected chi connectivity index (χ3v) is 10.3. The molecule has 1 N–H and O–H groups in total. The van der Waals surface area contributed by atoms with Gasteiger partial charge in [0.1, 0.15) is 17.8 Å². The van der Waals surface area contributed by atoms with Crippen LogP contribution in [0.15, 0.2) is 36.7 Å². The maximum absolute atomic E-state index is 13.3. The Morgan fingerprint density at radius 3 is 2.41 bits per heavy atom. The Bertz CT molecular complexity index is 1270. The maximum Gasteiger partial charge on any atom is 0.272 e. The summed E-state index contributed by atoms with van der Waals surface area (Å²) in [6, 6.07) is 10.8. The molecular weight excluding hydrogens is 540 g/mol. The third kappa shape index (κ3) is 7.63. The Kier molecular flexibility index (Phi) is 9.58. The number of hydrogen-bond donors (Lipinski definition) is 1. The highest BCUT2D eigenvalue weighted by Crippen LogP contribution is 2.31. The largest absolute Gasteiger partial charge is 0.368 e. The predicted molar refractivity (Wildman–Crippen MR) is 159 cm³/mol. The molecule has 1 amide bonds. The molecule has 5 rings (SSSR count). The number of carbonyl (C=O) groups excluding carboxylic acids is 1. The van der Waals surface area contributed by atoms with Gasteiger partial charge in [0.25, 0.3) is 5.91 Å². The van der Waals surface area contributed by atoms with Gasteiger partial charge in [0.2, 0.25) is 10.0 Å². The van der Waals surface area contributed by atoms with E-state index in [0.717, 1.165) is 58.0 Å². The molecule has 0 saturated carbocycles. The molecule has 3 fully saturated rings. The van der Waals surface area contributed by atoms with E-state index in [2.05, 4.69) is 51.4 Å². The predicted octanol–water partition coefficient (Wildman–Crippen LogP) is 3.47. The minimum absolute atomic E-state index is 0.0595. The number of ether oxygens (including phenoxy) is 1. The molecule has 41 heavy (non-hydrogen) atoms. The topological polar surface area (TPSA) is 108 Å². The van der Waals surface area contributed by atoms with Crippen molar-refractivity contribution in [3.05, 3.63) is 53.5 Å². The van der Waals surface area contributed by atoms with Gasteiger partial charge in [-0.3, -0.25) is 4.79 Å². The third-order valence-electron chi connectivity index (χ3n) is 9.00. The lowest BCUT2D eigenvalue weighted by Gasteiger charge is -2.42. The number of nitrogens with one attached hydrogen (secondary N) is 1. The minimum Gasteiger partial charge on any atom is -0.368 e. The number of nitrogens with zero attached hydrogens (tertiary/aromatic N) is 5. The molecular formula is C30H44N6O4S. The zero-order chi connectivity index (χ0) is 29.0. The number of piperidine rings is 2. The molecule has 1 aromatic heterocycles. The van der Waals surface area contributed by atoms with Gasteiger partial charge in [-0.15, -0.1) is 0 Å². The lowest BCUT2D eigenvalue weighted by atomic mass is 9.97. The summed E-state index contributed by atoms with van der Waals surface area (Å²) in [5, 5.41) is 3.37. The molecule has 3 aliphatic heterocycles. The molecule has 0 unspecified atom stereocenters. The first-order valence-electron chi connectivity index (χ1n) is 14.9. The van der Waals surface area contributed by atoms with Crippen molar-refractivity contribution in [1.82, 2.24) is 24.1 Å². The SMILES string of the molecule is Cc1ccc([C@@H]2CCC[C@H](CNc3cc(C(=O)N4CCC(N5CCC(N(C)S(C)(=O)=O)CC5)CC4)ncn3)O2)cc1. The van der Waals surface area contributed by atoms with Crippen LogP contribution in [0.3, 0.4) is 0 Å². The van der Waals surface area contributed by atoms with Crippen molar-refractivity contribution in [2.24, 2.45) is 0 Å². The summed E-state index contributed by atoms with van der Waals surface area (Å²) in [4.78, 5) is 26.3. The van der Waals surface area contributed by atoms with Crippen molar-refractivity contribution in [2.75, 3.05) is 51.3 Å². The van der Waals surface area contributed by atoms with Crippen LogP contribution in [0.4, 0.5) is 5.82 Å². The Morgan fingerprint density at radius 2 is 1.73 bits per heavy atom. The Hall–Kier alpha value is -2.60. The summed E-state index contributed by atoms with van der Waals surface area (Å²) in [6.45, 7) is 5.89. The van der Waals surface area contributed by atoms with E-state index in [-0.39, 0.29) is 24.2 Å². The molecule has 0 aliphatic carbocycles. The molecule has 4 heterocycles. The number of hydrogen-bond acceptors (Lipinski definition) is 8. The fourth-order valence-corrected chi connectivity index (χ4v) is 7.10. The highest BCUT2D eigenvalue weighted by atomic mass is 32.2. The zero-order valence-corrected chi connectivity index (χ0v) is 25.4. The van der Waals surface area contributed by atoms with Crippen LogP contribution in [0, 0.1) is 6.92 Å². The van der Waals surface area contributed by atoms with Crippen LogP contribution in [-0.2, 0) is 14.8 Å². The molecule has 10 nitrogen and oxygen atoms in total. The van der Waals surface area contributed by atoms with Crippen LogP contribution in [0.5, 0.6) is 0 Å². The van der Waals surface area contributed by atoms with Crippen LogP contribution in [0.2, 0.25) is 0 Å². The average Bonchev–Trinajstić information content (AvgIpc) is 3.00. The number of sulfonamides is 1. The molecule has 2 atom stereocenters. The summed E-state index contributed by atoms with van der Waals surface area (Å²) in [7, 11) is -1.49. The van der Waals surface area contributed by atoms with Crippen molar-refractivity contribution >= 4 is 21.7 Å². The van der Waals surface area contributed by atoms with Crippen LogP contribution in [-0.4, -0.2) is 103 Å². The van der Waals surface area contributed by atoms with Gasteiger partial charge in [0.15, 0.2) is 0 Å². The molecule has 0 spiro atoms. The van der Waals surface area contributed by atoms with Gasteiger partial charge in [-0.05, 0) is 70.5 Å². The quantitative estimate of drug-likeness (QED) is 0.503. The number of anilines is 1.